The van der Waals surface area contributed by atoms with E-state index in [0.29, 0.717) is 0 Å². The Balaban J connectivity index is 0.00000169. The summed E-state index contributed by atoms with van der Waals surface area (Å²) in [5, 5.41) is 0.827. The molecule has 1 heterocycles. The zero-order valence-electron chi connectivity index (χ0n) is 13.8. The molecule has 0 amide bonds. The number of hydrogen-bond acceptors (Lipinski definition) is 2. The van der Waals surface area contributed by atoms with Gasteiger partial charge >= 0.3 is 0 Å². The first-order valence-electron chi connectivity index (χ1n) is 8.57. The van der Waals surface area contributed by atoms with Gasteiger partial charge in [-0.25, -0.2) is 0 Å². The van der Waals surface area contributed by atoms with Crippen LogP contribution in [0.5, 0.6) is 0 Å². The Hall–Kier alpha value is -1.03. The summed E-state index contributed by atoms with van der Waals surface area (Å²) in [4.78, 5) is 5.08. The third-order valence-electron chi connectivity index (χ3n) is 5.19. The van der Waals surface area contributed by atoms with E-state index in [2.05, 4.69) is 52.3 Å². The topological polar surface area (TPSA) is 6.48 Å². The first-order chi connectivity index (χ1) is 11.3. The average Bonchev–Trinajstić information content (AvgIpc) is 3.36. The minimum absolute atomic E-state index is 0. The lowest BCUT2D eigenvalue weighted by atomic mass is 10.1. The Bertz CT molecular complexity index is 656. The molecular formula is C20H24BrClN2. The van der Waals surface area contributed by atoms with Gasteiger partial charge in [0.05, 0.1) is 0 Å². The van der Waals surface area contributed by atoms with Gasteiger partial charge in [0.2, 0.25) is 0 Å². The minimum Gasteiger partial charge on any atom is -0.369 e. The summed E-state index contributed by atoms with van der Waals surface area (Å²) < 4.78 is 0. The fourth-order valence-electron chi connectivity index (χ4n) is 3.75. The summed E-state index contributed by atoms with van der Waals surface area (Å²) in [6.07, 6.45) is 1.36. The highest BCUT2D eigenvalue weighted by atomic mass is 79.9. The molecule has 128 valence electrons. The van der Waals surface area contributed by atoms with Gasteiger partial charge in [-0.1, -0.05) is 48.0 Å². The maximum atomic E-state index is 6.11. The Labute approximate surface area is 160 Å². The molecule has 4 heteroatoms. The predicted molar refractivity (Wildman–Crippen MR) is 108 cm³/mol. The van der Waals surface area contributed by atoms with Crippen molar-refractivity contribution in [1.82, 2.24) is 4.90 Å². The molecule has 0 aromatic heterocycles. The van der Waals surface area contributed by atoms with Crippen LogP contribution in [0.15, 0.2) is 54.6 Å². The maximum absolute atomic E-state index is 6.11. The van der Waals surface area contributed by atoms with Crippen LogP contribution in [0.4, 0.5) is 5.69 Å². The van der Waals surface area contributed by atoms with Crippen molar-refractivity contribution in [2.75, 3.05) is 37.6 Å². The summed E-state index contributed by atoms with van der Waals surface area (Å²) in [6, 6.07) is 19.2. The summed E-state index contributed by atoms with van der Waals surface area (Å²) >= 11 is 6.11. The van der Waals surface area contributed by atoms with Crippen LogP contribution in [0.3, 0.4) is 0 Å². The number of hydrogen-bond donors (Lipinski definition) is 0. The van der Waals surface area contributed by atoms with Crippen molar-refractivity contribution in [1.29, 1.82) is 0 Å². The number of anilines is 1. The largest absolute Gasteiger partial charge is 0.369 e. The second-order valence-electron chi connectivity index (χ2n) is 6.78. The van der Waals surface area contributed by atoms with E-state index in [1.807, 2.05) is 12.1 Å². The summed E-state index contributed by atoms with van der Waals surface area (Å²) in [5.41, 5.74) is 2.78. The van der Waals surface area contributed by atoms with Gasteiger partial charge in [0, 0.05) is 43.4 Å². The van der Waals surface area contributed by atoms with Crippen molar-refractivity contribution in [3.8, 4) is 0 Å². The van der Waals surface area contributed by atoms with E-state index in [4.69, 9.17) is 11.6 Å². The molecule has 1 saturated carbocycles. The lowest BCUT2D eigenvalue weighted by Gasteiger charge is -2.36. The molecule has 2 aromatic carbocycles. The van der Waals surface area contributed by atoms with Crippen LogP contribution in [-0.2, 0) is 0 Å². The number of halogens is 2. The van der Waals surface area contributed by atoms with E-state index in [0.717, 1.165) is 43.0 Å². The second kappa shape index (κ2) is 7.90. The van der Waals surface area contributed by atoms with Crippen LogP contribution < -0.4 is 4.90 Å². The van der Waals surface area contributed by atoms with Gasteiger partial charge in [0.1, 0.15) is 0 Å². The number of benzene rings is 2. The van der Waals surface area contributed by atoms with E-state index in [1.165, 1.54) is 24.2 Å². The molecule has 24 heavy (non-hydrogen) atoms. The average molecular weight is 408 g/mol. The molecule has 1 saturated heterocycles. The Morgan fingerprint density at radius 2 is 1.67 bits per heavy atom. The van der Waals surface area contributed by atoms with Crippen LogP contribution in [-0.4, -0.2) is 37.6 Å². The van der Waals surface area contributed by atoms with Gasteiger partial charge in [-0.05, 0) is 42.0 Å². The minimum atomic E-state index is 0. The quantitative estimate of drug-likeness (QED) is 0.715. The molecular weight excluding hydrogens is 384 g/mol. The van der Waals surface area contributed by atoms with E-state index >= 15 is 0 Å². The van der Waals surface area contributed by atoms with Crippen molar-refractivity contribution in [2.24, 2.45) is 5.92 Å². The van der Waals surface area contributed by atoms with Gasteiger partial charge in [0.25, 0.3) is 0 Å². The van der Waals surface area contributed by atoms with E-state index in [9.17, 15) is 0 Å². The third-order valence-corrected chi connectivity index (χ3v) is 5.42. The second-order valence-corrected chi connectivity index (χ2v) is 7.22. The van der Waals surface area contributed by atoms with Crippen molar-refractivity contribution in [3.63, 3.8) is 0 Å². The fraction of sp³-hybridized carbons (Fsp3) is 0.400. The van der Waals surface area contributed by atoms with Gasteiger partial charge in [0.15, 0.2) is 0 Å². The van der Waals surface area contributed by atoms with E-state index in [1.54, 1.807) is 0 Å². The maximum Gasteiger partial charge on any atom is 0.0426 e. The number of piperazine rings is 1. The molecule has 0 N–H and O–H groups in total. The normalized spacial score (nSPS) is 23.6. The molecule has 4 rings (SSSR count). The zero-order chi connectivity index (χ0) is 15.6. The molecule has 2 aromatic rings. The smallest absolute Gasteiger partial charge is 0.0426 e. The van der Waals surface area contributed by atoms with Gasteiger partial charge in [-0.2, -0.15) is 0 Å². The highest BCUT2D eigenvalue weighted by molar-refractivity contribution is 8.93. The Morgan fingerprint density at radius 1 is 0.917 bits per heavy atom. The van der Waals surface area contributed by atoms with Crippen molar-refractivity contribution >= 4 is 34.3 Å². The van der Waals surface area contributed by atoms with Crippen LogP contribution in [0.1, 0.15) is 17.9 Å². The van der Waals surface area contributed by atoms with Crippen molar-refractivity contribution in [2.45, 2.75) is 12.3 Å². The van der Waals surface area contributed by atoms with E-state index in [-0.39, 0.29) is 17.0 Å². The zero-order valence-corrected chi connectivity index (χ0v) is 16.2. The standard InChI is InChI=1S/C20H23ClN2.BrH/c21-18-7-4-8-19(14-18)23-11-9-22(10-12-23)15-17-13-20(17)16-5-2-1-3-6-16;/h1-8,14,17,20H,9-13,15H2;1H/t17-,20-;/m1./s1. The Kier molecular flexibility index (Phi) is 5.85. The summed E-state index contributed by atoms with van der Waals surface area (Å²) in [6.45, 7) is 5.77. The predicted octanol–water partition coefficient (Wildman–Crippen LogP) is 4.84. The van der Waals surface area contributed by atoms with E-state index < -0.39 is 0 Å². The molecule has 2 fully saturated rings. The highest BCUT2D eigenvalue weighted by Gasteiger charge is 2.39. The fourth-order valence-corrected chi connectivity index (χ4v) is 3.94. The SMILES string of the molecule is Br.Clc1cccc(N2CCN(C[C@H]3C[C@@H]3c3ccccc3)CC2)c1. The molecule has 2 atom stereocenters. The first kappa shape index (κ1) is 17.8. The number of nitrogens with zero attached hydrogens (tertiary/aromatic N) is 2. The Morgan fingerprint density at radius 3 is 2.38 bits per heavy atom. The first-order valence-corrected chi connectivity index (χ1v) is 8.95. The van der Waals surface area contributed by atoms with Crippen LogP contribution in [0.2, 0.25) is 5.02 Å². The van der Waals surface area contributed by atoms with Crippen molar-refractivity contribution < 1.29 is 0 Å². The van der Waals surface area contributed by atoms with Crippen molar-refractivity contribution in [3.05, 3.63) is 65.2 Å². The van der Waals surface area contributed by atoms with Gasteiger partial charge < -0.3 is 4.90 Å². The van der Waals surface area contributed by atoms with Crippen LogP contribution in [0.25, 0.3) is 0 Å². The lowest BCUT2D eigenvalue weighted by molar-refractivity contribution is 0.246. The van der Waals surface area contributed by atoms with Gasteiger partial charge in [-0.3, -0.25) is 4.90 Å². The molecule has 0 bridgehead atoms. The highest BCUT2D eigenvalue weighted by Crippen LogP contribution is 2.47. The summed E-state index contributed by atoms with van der Waals surface area (Å²) in [7, 11) is 0. The van der Waals surface area contributed by atoms with Crippen LogP contribution in [0, 0.1) is 5.92 Å². The molecule has 0 unspecified atom stereocenters. The molecule has 1 aliphatic heterocycles. The molecule has 2 nitrogen and oxygen atoms in total. The third kappa shape index (κ3) is 4.14. The van der Waals surface area contributed by atoms with Crippen LogP contribution >= 0.6 is 28.6 Å². The molecule has 0 radical (unpaired) electrons. The monoisotopic (exact) mass is 406 g/mol. The number of rotatable bonds is 4. The van der Waals surface area contributed by atoms with Gasteiger partial charge in [-0.15, -0.1) is 17.0 Å². The lowest BCUT2D eigenvalue weighted by Crippen LogP contribution is -2.47. The molecule has 2 aliphatic rings. The summed E-state index contributed by atoms with van der Waals surface area (Å²) in [5.74, 6) is 1.65. The molecule has 1 aliphatic carbocycles. The molecule has 0 spiro atoms.